The summed E-state index contributed by atoms with van der Waals surface area (Å²) >= 11 is 0. The van der Waals surface area contributed by atoms with Crippen LogP contribution in [0.2, 0.25) is 0 Å². The molecule has 2 aliphatic rings. The molecular formula is C15H27NO. The number of hydrogen-bond donors (Lipinski definition) is 0. The maximum absolute atomic E-state index is 10.9. The second-order valence-electron chi connectivity index (χ2n) is 5.95. The molecule has 2 heteroatoms. The number of hydrogen-bond acceptors (Lipinski definition) is 2. The predicted molar refractivity (Wildman–Crippen MR) is 71.1 cm³/mol. The van der Waals surface area contributed by atoms with Crippen LogP contribution < -0.4 is 0 Å². The van der Waals surface area contributed by atoms with Crippen molar-refractivity contribution in [2.45, 2.75) is 70.8 Å². The Morgan fingerprint density at radius 2 is 1.88 bits per heavy atom. The Bertz CT molecular complexity index is 245. The van der Waals surface area contributed by atoms with Gasteiger partial charge in [0.15, 0.2) is 0 Å². The Morgan fingerprint density at radius 3 is 2.59 bits per heavy atom. The number of carbonyl (C=O) groups is 1. The van der Waals surface area contributed by atoms with Crippen LogP contribution in [0.3, 0.4) is 0 Å². The van der Waals surface area contributed by atoms with Crippen molar-refractivity contribution in [2.75, 3.05) is 13.1 Å². The van der Waals surface area contributed by atoms with E-state index in [1.807, 2.05) is 0 Å². The second-order valence-corrected chi connectivity index (χ2v) is 5.95. The predicted octanol–water partition coefficient (Wildman–Crippen LogP) is 3.40. The first kappa shape index (κ1) is 13.1. The third-order valence-corrected chi connectivity index (χ3v) is 4.58. The molecule has 1 unspecified atom stereocenters. The smallest absolute Gasteiger partial charge is 0.129 e. The van der Waals surface area contributed by atoms with E-state index < -0.39 is 0 Å². The molecule has 98 valence electrons. The molecule has 1 aliphatic carbocycles. The number of ketones is 1. The number of carbonyl (C=O) groups excluding carboxylic acids is 1. The molecule has 1 saturated heterocycles. The highest BCUT2D eigenvalue weighted by Crippen LogP contribution is 2.35. The molecule has 1 aliphatic heterocycles. The van der Waals surface area contributed by atoms with E-state index in [4.69, 9.17) is 0 Å². The van der Waals surface area contributed by atoms with Gasteiger partial charge in [0, 0.05) is 12.5 Å². The average Bonchev–Trinajstić information content (AvgIpc) is 2.94. The third kappa shape index (κ3) is 3.80. The first-order chi connectivity index (χ1) is 8.27. The average molecular weight is 237 g/mol. The molecule has 0 N–H and O–H groups in total. The molecule has 1 heterocycles. The van der Waals surface area contributed by atoms with Gasteiger partial charge in [-0.1, -0.05) is 12.8 Å². The van der Waals surface area contributed by atoms with E-state index in [1.54, 1.807) is 6.92 Å². The summed E-state index contributed by atoms with van der Waals surface area (Å²) in [5.74, 6) is 1.34. The van der Waals surface area contributed by atoms with Gasteiger partial charge in [0.05, 0.1) is 0 Å². The van der Waals surface area contributed by atoms with Gasteiger partial charge in [-0.25, -0.2) is 0 Å². The van der Waals surface area contributed by atoms with Crippen LogP contribution in [0.4, 0.5) is 0 Å². The van der Waals surface area contributed by atoms with Gasteiger partial charge in [0.25, 0.3) is 0 Å². The molecule has 0 aromatic carbocycles. The summed E-state index contributed by atoms with van der Waals surface area (Å²) in [5.41, 5.74) is 0. The lowest BCUT2D eigenvalue weighted by molar-refractivity contribution is -0.117. The summed E-state index contributed by atoms with van der Waals surface area (Å²) in [4.78, 5) is 13.6. The standard InChI is InChI=1S/C15H27NO/c1-13(17)7-4-5-11-16-12-6-10-15(16)14-8-2-3-9-14/h14-15H,2-12H2,1H3. The monoisotopic (exact) mass is 237 g/mol. The van der Waals surface area contributed by atoms with E-state index >= 15 is 0 Å². The van der Waals surface area contributed by atoms with E-state index in [1.165, 1.54) is 58.0 Å². The molecule has 1 atom stereocenters. The summed E-state index contributed by atoms with van der Waals surface area (Å²) in [5, 5.41) is 0. The molecule has 2 rings (SSSR count). The van der Waals surface area contributed by atoms with Gasteiger partial charge in [0.1, 0.15) is 5.78 Å². The van der Waals surface area contributed by atoms with Crippen LogP contribution in [-0.4, -0.2) is 29.8 Å². The van der Waals surface area contributed by atoms with Crippen molar-refractivity contribution in [3.8, 4) is 0 Å². The van der Waals surface area contributed by atoms with Gasteiger partial charge >= 0.3 is 0 Å². The highest BCUT2D eigenvalue weighted by molar-refractivity contribution is 5.75. The van der Waals surface area contributed by atoms with Gasteiger partial charge in [-0.3, -0.25) is 0 Å². The minimum absolute atomic E-state index is 0.346. The summed E-state index contributed by atoms with van der Waals surface area (Å²) in [7, 11) is 0. The van der Waals surface area contributed by atoms with Gasteiger partial charge < -0.3 is 9.69 Å². The summed E-state index contributed by atoms with van der Waals surface area (Å²) in [6, 6.07) is 0.884. The summed E-state index contributed by atoms with van der Waals surface area (Å²) in [6.07, 6.45) is 11.8. The lowest BCUT2D eigenvalue weighted by Gasteiger charge is -2.29. The van der Waals surface area contributed by atoms with Crippen molar-refractivity contribution in [1.82, 2.24) is 4.90 Å². The Balaban J connectivity index is 1.69. The molecule has 0 radical (unpaired) electrons. The van der Waals surface area contributed by atoms with Crippen molar-refractivity contribution in [3.05, 3.63) is 0 Å². The highest BCUT2D eigenvalue weighted by atomic mass is 16.1. The quantitative estimate of drug-likeness (QED) is 0.660. The lowest BCUT2D eigenvalue weighted by atomic mass is 9.96. The fourth-order valence-corrected chi connectivity index (χ4v) is 3.69. The first-order valence-corrected chi connectivity index (χ1v) is 7.51. The van der Waals surface area contributed by atoms with E-state index in [0.717, 1.165) is 24.8 Å². The summed E-state index contributed by atoms with van der Waals surface area (Å²) < 4.78 is 0. The zero-order valence-electron chi connectivity index (χ0n) is 11.3. The van der Waals surface area contributed by atoms with Crippen LogP contribution in [0, 0.1) is 5.92 Å². The van der Waals surface area contributed by atoms with Crippen molar-refractivity contribution in [1.29, 1.82) is 0 Å². The molecule has 0 aromatic heterocycles. The van der Waals surface area contributed by atoms with Crippen LogP contribution in [0.25, 0.3) is 0 Å². The summed E-state index contributed by atoms with van der Waals surface area (Å²) in [6.45, 7) is 4.24. The van der Waals surface area contributed by atoms with E-state index in [9.17, 15) is 4.79 Å². The molecule has 0 aromatic rings. The third-order valence-electron chi connectivity index (χ3n) is 4.58. The van der Waals surface area contributed by atoms with Gasteiger partial charge in [0.2, 0.25) is 0 Å². The molecule has 1 saturated carbocycles. The van der Waals surface area contributed by atoms with Crippen molar-refractivity contribution in [3.63, 3.8) is 0 Å². The Morgan fingerprint density at radius 1 is 1.12 bits per heavy atom. The molecule has 0 bridgehead atoms. The van der Waals surface area contributed by atoms with Crippen LogP contribution >= 0.6 is 0 Å². The van der Waals surface area contributed by atoms with E-state index in [0.29, 0.717) is 5.78 Å². The van der Waals surface area contributed by atoms with Gasteiger partial charge in [-0.15, -0.1) is 0 Å². The molecular weight excluding hydrogens is 210 g/mol. The number of rotatable bonds is 6. The zero-order valence-corrected chi connectivity index (χ0v) is 11.3. The fraction of sp³-hybridized carbons (Fsp3) is 0.933. The van der Waals surface area contributed by atoms with E-state index in [-0.39, 0.29) is 0 Å². The molecule has 0 amide bonds. The van der Waals surface area contributed by atoms with Gasteiger partial charge in [-0.05, 0) is 64.5 Å². The maximum atomic E-state index is 10.9. The topological polar surface area (TPSA) is 20.3 Å². The van der Waals surface area contributed by atoms with Crippen LogP contribution in [-0.2, 0) is 4.79 Å². The van der Waals surface area contributed by atoms with Gasteiger partial charge in [-0.2, -0.15) is 0 Å². The molecule has 0 spiro atoms. The molecule has 2 fully saturated rings. The molecule has 2 nitrogen and oxygen atoms in total. The minimum atomic E-state index is 0.346. The molecule has 17 heavy (non-hydrogen) atoms. The number of nitrogens with zero attached hydrogens (tertiary/aromatic N) is 1. The fourth-order valence-electron chi connectivity index (χ4n) is 3.69. The van der Waals surface area contributed by atoms with Crippen LogP contribution in [0.1, 0.15) is 64.7 Å². The SMILES string of the molecule is CC(=O)CCCCN1CCCC1C1CCCC1. The largest absolute Gasteiger partial charge is 0.300 e. The minimum Gasteiger partial charge on any atom is -0.300 e. The number of likely N-dealkylation sites (tertiary alicyclic amines) is 1. The Hall–Kier alpha value is -0.370. The Labute approximate surface area is 106 Å². The van der Waals surface area contributed by atoms with Crippen LogP contribution in [0.5, 0.6) is 0 Å². The first-order valence-electron chi connectivity index (χ1n) is 7.51. The lowest BCUT2D eigenvalue weighted by Crippen LogP contribution is -2.35. The van der Waals surface area contributed by atoms with Crippen LogP contribution in [0.15, 0.2) is 0 Å². The normalized spacial score (nSPS) is 26.8. The number of unbranched alkanes of at least 4 members (excludes halogenated alkanes) is 1. The van der Waals surface area contributed by atoms with Crippen molar-refractivity contribution >= 4 is 5.78 Å². The Kier molecular flexibility index (Phi) is 5.02. The zero-order chi connectivity index (χ0) is 12.1. The van der Waals surface area contributed by atoms with Crippen molar-refractivity contribution < 1.29 is 4.79 Å². The maximum Gasteiger partial charge on any atom is 0.129 e. The second kappa shape index (κ2) is 6.53. The van der Waals surface area contributed by atoms with Crippen molar-refractivity contribution in [2.24, 2.45) is 5.92 Å². The highest BCUT2D eigenvalue weighted by Gasteiger charge is 2.32. The van der Waals surface area contributed by atoms with E-state index in [2.05, 4.69) is 4.90 Å². The number of Topliss-reactive ketones (excluding diaryl/α,β-unsaturated/α-hetero) is 1.